The Morgan fingerprint density at radius 3 is 2.94 bits per heavy atom. The van der Waals surface area contributed by atoms with E-state index < -0.39 is 5.91 Å². The summed E-state index contributed by atoms with van der Waals surface area (Å²) in [5.74, 6) is -0.668. The minimum absolute atomic E-state index is 0.160. The van der Waals surface area contributed by atoms with Crippen molar-refractivity contribution in [1.82, 2.24) is 10.6 Å². The van der Waals surface area contributed by atoms with E-state index in [0.29, 0.717) is 17.0 Å². The Kier molecular flexibility index (Phi) is 4.11. The molecule has 1 aromatic rings. The van der Waals surface area contributed by atoms with Crippen LogP contribution < -0.4 is 16.4 Å². The largest absolute Gasteiger partial charge is 0.366 e. The maximum absolute atomic E-state index is 11.8. The molecule has 4 N–H and O–H groups in total. The number of nitrogens with two attached hydrogens (primary N) is 1. The molecule has 0 fully saturated rings. The van der Waals surface area contributed by atoms with Crippen molar-refractivity contribution in [2.75, 3.05) is 19.6 Å². The molecule has 1 aromatic heterocycles. The molecule has 0 spiro atoms. The predicted octanol–water partition coefficient (Wildman–Crippen LogP) is 0.496. The van der Waals surface area contributed by atoms with Gasteiger partial charge in [-0.05, 0) is 19.0 Å². The predicted molar refractivity (Wildman–Crippen MR) is 70.7 cm³/mol. The van der Waals surface area contributed by atoms with Crippen molar-refractivity contribution in [2.45, 2.75) is 6.42 Å². The van der Waals surface area contributed by atoms with Gasteiger partial charge in [0.2, 0.25) is 5.91 Å². The van der Waals surface area contributed by atoms with E-state index in [0.717, 1.165) is 19.5 Å². The highest BCUT2D eigenvalue weighted by atomic mass is 32.1. The SMILES string of the molecule is NC(=O)c1csc(C(=O)NCC2=CCNCC2)c1. The van der Waals surface area contributed by atoms with Crippen LogP contribution in [-0.2, 0) is 0 Å². The zero-order valence-electron chi connectivity index (χ0n) is 9.86. The zero-order valence-corrected chi connectivity index (χ0v) is 10.7. The van der Waals surface area contributed by atoms with E-state index in [1.165, 1.54) is 23.0 Å². The highest BCUT2D eigenvalue weighted by Crippen LogP contribution is 2.14. The number of hydrogen-bond donors (Lipinski definition) is 3. The number of hydrogen-bond acceptors (Lipinski definition) is 4. The maximum Gasteiger partial charge on any atom is 0.261 e. The molecule has 1 aliphatic rings. The van der Waals surface area contributed by atoms with Crippen LogP contribution in [0, 0.1) is 0 Å². The summed E-state index contributed by atoms with van der Waals surface area (Å²) in [5.41, 5.74) is 6.75. The molecule has 0 saturated heterocycles. The molecular formula is C12H15N3O2S. The second-order valence-corrected chi connectivity index (χ2v) is 4.97. The smallest absolute Gasteiger partial charge is 0.261 e. The molecule has 0 atom stereocenters. The Morgan fingerprint density at radius 2 is 2.33 bits per heavy atom. The fourth-order valence-corrected chi connectivity index (χ4v) is 2.51. The number of thiophene rings is 1. The van der Waals surface area contributed by atoms with Crippen LogP contribution in [0.5, 0.6) is 0 Å². The number of amides is 2. The van der Waals surface area contributed by atoms with Crippen molar-refractivity contribution in [3.05, 3.63) is 33.5 Å². The van der Waals surface area contributed by atoms with Gasteiger partial charge in [0, 0.05) is 18.5 Å². The van der Waals surface area contributed by atoms with Crippen LogP contribution in [0.2, 0.25) is 0 Å². The summed E-state index contributed by atoms with van der Waals surface area (Å²) in [6.07, 6.45) is 3.05. The molecule has 0 aliphatic carbocycles. The summed E-state index contributed by atoms with van der Waals surface area (Å²) in [7, 11) is 0. The van der Waals surface area contributed by atoms with Gasteiger partial charge in [-0.25, -0.2) is 0 Å². The van der Waals surface area contributed by atoms with Gasteiger partial charge in [-0.2, -0.15) is 0 Å². The minimum atomic E-state index is -0.508. The summed E-state index contributed by atoms with van der Waals surface area (Å²) < 4.78 is 0. The molecule has 2 rings (SSSR count). The van der Waals surface area contributed by atoms with Gasteiger partial charge in [0.05, 0.1) is 10.4 Å². The average Bonchev–Trinajstić information content (AvgIpc) is 2.87. The van der Waals surface area contributed by atoms with Crippen molar-refractivity contribution >= 4 is 23.2 Å². The first-order chi connectivity index (χ1) is 8.66. The molecule has 2 heterocycles. The van der Waals surface area contributed by atoms with E-state index in [4.69, 9.17) is 5.73 Å². The average molecular weight is 265 g/mol. The molecular weight excluding hydrogens is 250 g/mol. The van der Waals surface area contributed by atoms with Crippen LogP contribution in [0.1, 0.15) is 26.5 Å². The summed E-state index contributed by atoms with van der Waals surface area (Å²) in [5, 5.41) is 7.65. The highest BCUT2D eigenvalue weighted by Gasteiger charge is 2.12. The number of rotatable bonds is 4. The lowest BCUT2D eigenvalue weighted by Gasteiger charge is -2.14. The van der Waals surface area contributed by atoms with E-state index in [1.807, 2.05) is 0 Å². The molecule has 0 bridgehead atoms. The Morgan fingerprint density at radius 1 is 1.50 bits per heavy atom. The Balaban J connectivity index is 1.90. The lowest BCUT2D eigenvalue weighted by Crippen LogP contribution is -2.29. The summed E-state index contributed by atoms with van der Waals surface area (Å²) in [6.45, 7) is 2.37. The molecule has 0 aromatic carbocycles. The molecule has 18 heavy (non-hydrogen) atoms. The molecule has 0 saturated carbocycles. The van der Waals surface area contributed by atoms with Crippen LogP contribution >= 0.6 is 11.3 Å². The normalized spacial score (nSPS) is 15.0. The zero-order chi connectivity index (χ0) is 13.0. The third-order valence-corrected chi connectivity index (χ3v) is 3.67. The highest BCUT2D eigenvalue weighted by molar-refractivity contribution is 7.12. The molecule has 0 unspecified atom stereocenters. The number of primary amides is 1. The lowest BCUT2D eigenvalue weighted by atomic mass is 10.1. The topological polar surface area (TPSA) is 84.2 Å². The number of carbonyl (C=O) groups excluding carboxylic acids is 2. The Bertz CT molecular complexity index is 493. The van der Waals surface area contributed by atoms with E-state index in [1.54, 1.807) is 5.38 Å². The van der Waals surface area contributed by atoms with E-state index in [-0.39, 0.29) is 5.91 Å². The van der Waals surface area contributed by atoms with Crippen molar-refractivity contribution < 1.29 is 9.59 Å². The summed E-state index contributed by atoms with van der Waals surface area (Å²) in [4.78, 5) is 23.3. The molecule has 6 heteroatoms. The summed E-state index contributed by atoms with van der Waals surface area (Å²) in [6, 6.07) is 1.53. The summed E-state index contributed by atoms with van der Waals surface area (Å²) >= 11 is 1.23. The second-order valence-electron chi connectivity index (χ2n) is 4.06. The minimum Gasteiger partial charge on any atom is -0.366 e. The van der Waals surface area contributed by atoms with Gasteiger partial charge in [-0.3, -0.25) is 9.59 Å². The fourth-order valence-electron chi connectivity index (χ4n) is 1.70. The molecule has 5 nitrogen and oxygen atoms in total. The van der Waals surface area contributed by atoms with Gasteiger partial charge >= 0.3 is 0 Å². The van der Waals surface area contributed by atoms with E-state index >= 15 is 0 Å². The molecule has 96 valence electrons. The molecule has 0 radical (unpaired) electrons. The fraction of sp³-hybridized carbons (Fsp3) is 0.333. The third kappa shape index (κ3) is 3.18. The van der Waals surface area contributed by atoms with Crippen molar-refractivity contribution in [1.29, 1.82) is 0 Å². The monoisotopic (exact) mass is 265 g/mol. The first kappa shape index (κ1) is 12.8. The van der Waals surface area contributed by atoms with Crippen LogP contribution in [0.25, 0.3) is 0 Å². The van der Waals surface area contributed by atoms with Crippen LogP contribution in [0.15, 0.2) is 23.1 Å². The number of nitrogens with one attached hydrogen (secondary N) is 2. The van der Waals surface area contributed by atoms with Crippen molar-refractivity contribution in [3.8, 4) is 0 Å². The standard InChI is InChI=1S/C12H15N3O2S/c13-11(16)9-5-10(18-7-9)12(17)15-6-8-1-3-14-4-2-8/h1,5,7,14H,2-4,6H2,(H2,13,16)(H,15,17). The van der Waals surface area contributed by atoms with Crippen LogP contribution in [0.3, 0.4) is 0 Å². The van der Waals surface area contributed by atoms with Gasteiger partial charge in [0.1, 0.15) is 0 Å². The van der Waals surface area contributed by atoms with Crippen LogP contribution in [-0.4, -0.2) is 31.4 Å². The van der Waals surface area contributed by atoms with Gasteiger partial charge < -0.3 is 16.4 Å². The Labute approximate surface area is 109 Å². The van der Waals surface area contributed by atoms with Crippen molar-refractivity contribution in [2.24, 2.45) is 5.73 Å². The van der Waals surface area contributed by atoms with E-state index in [9.17, 15) is 9.59 Å². The Hall–Kier alpha value is -1.66. The second kappa shape index (κ2) is 5.79. The molecule has 2 amide bonds. The van der Waals surface area contributed by atoms with Gasteiger partial charge in [-0.15, -0.1) is 11.3 Å². The lowest BCUT2D eigenvalue weighted by molar-refractivity contribution is 0.0960. The first-order valence-corrected chi connectivity index (χ1v) is 6.60. The van der Waals surface area contributed by atoms with Gasteiger partial charge in [-0.1, -0.05) is 11.6 Å². The molecule has 1 aliphatic heterocycles. The van der Waals surface area contributed by atoms with Gasteiger partial charge in [0.15, 0.2) is 0 Å². The first-order valence-electron chi connectivity index (χ1n) is 5.72. The van der Waals surface area contributed by atoms with Crippen molar-refractivity contribution in [3.63, 3.8) is 0 Å². The van der Waals surface area contributed by atoms with E-state index in [2.05, 4.69) is 16.7 Å². The quantitative estimate of drug-likeness (QED) is 0.693. The van der Waals surface area contributed by atoms with Gasteiger partial charge in [0.25, 0.3) is 5.91 Å². The third-order valence-electron chi connectivity index (χ3n) is 2.74. The van der Waals surface area contributed by atoms with Crippen LogP contribution in [0.4, 0.5) is 0 Å². The number of carbonyl (C=O) groups is 2. The maximum atomic E-state index is 11.8.